The van der Waals surface area contributed by atoms with Crippen LogP contribution in [0, 0.1) is 0 Å². The van der Waals surface area contributed by atoms with Gasteiger partial charge < -0.3 is 15.6 Å². The molecule has 1 aromatic heterocycles. The van der Waals surface area contributed by atoms with E-state index in [1.807, 2.05) is 6.92 Å². The molecule has 0 aliphatic heterocycles. The van der Waals surface area contributed by atoms with Gasteiger partial charge in [0.2, 0.25) is 5.91 Å². The average Bonchev–Trinajstić information content (AvgIpc) is 2.81. The smallest absolute Gasteiger partial charge is 0.244 e. The van der Waals surface area contributed by atoms with Crippen LogP contribution in [0.15, 0.2) is 30.6 Å². The Morgan fingerprint density at radius 3 is 3.05 bits per heavy atom. The van der Waals surface area contributed by atoms with E-state index in [0.29, 0.717) is 16.4 Å². The zero-order valence-electron chi connectivity index (χ0n) is 10.6. The number of imidazole rings is 1. The predicted octanol–water partition coefficient (Wildman–Crippen LogP) is 2.32. The van der Waals surface area contributed by atoms with Gasteiger partial charge in [-0.25, -0.2) is 4.98 Å². The highest BCUT2D eigenvalue weighted by Gasteiger charge is 2.09. The largest absolute Gasteiger partial charge is 0.399 e. The Balaban J connectivity index is 2.07. The van der Waals surface area contributed by atoms with E-state index in [2.05, 4.69) is 10.3 Å². The second-order valence-electron chi connectivity index (χ2n) is 4.11. The fourth-order valence-corrected chi connectivity index (χ4v) is 1.95. The van der Waals surface area contributed by atoms with Gasteiger partial charge in [-0.3, -0.25) is 4.79 Å². The lowest BCUT2D eigenvalue weighted by atomic mass is 10.3. The highest BCUT2D eigenvalue weighted by Crippen LogP contribution is 2.24. The first kappa shape index (κ1) is 13.4. The minimum atomic E-state index is -0.166. The van der Waals surface area contributed by atoms with Gasteiger partial charge in [0.05, 0.1) is 10.7 Å². The Morgan fingerprint density at radius 1 is 1.53 bits per heavy atom. The Bertz CT molecular complexity index is 594. The van der Waals surface area contributed by atoms with Crippen LogP contribution >= 0.6 is 11.6 Å². The van der Waals surface area contributed by atoms with Gasteiger partial charge in [-0.2, -0.15) is 0 Å². The zero-order chi connectivity index (χ0) is 13.8. The van der Waals surface area contributed by atoms with Crippen molar-refractivity contribution in [3.05, 3.63) is 41.4 Å². The van der Waals surface area contributed by atoms with Gasteiger partial charge in [0.15, 0.2) is 0 Å². The van der Waals surface area contributed by atoms with Crippen LogP contribution in [-0.2, 0) is 17.8 Å². The molecule has 0 saturated heterocycles. The highest BCUT2D eigenvalue weighted by molar-refractivity contribution is 6.33. The molecule has 1 aromatic carbocycles. The molecule has 0 bridgehead atoms. The minimum absolute atomic E-state index is 0.166. The molecule has 1 heterocycles. The SMILES string of the molecule is CCc1nccn1CC(=O)Nc1cc(N)ccc1Cl. The topological polar surface area (TPSA) is 72.9 Å². The fraction of sp³-hybridized carbons (Fsp3) is 0.231. The van der Waals surface area contributed by atoms with E-state index in [-0.39, 0.29) is 12.5 Å². The molecule has 3 N–H and O–H groups in total. The second kappa shape index (κ2) is 5.75. The molecule has 100 valence electrons. The van der Waals surface area contributed by atoms with E-state index < -0.39 is 0 Å². The van der Waals surface area contributed by atoms with E-state index in [0.717, 1.165) is 12.2 Å². The van der Waals surface area contributed by atoms with Crippen molar-refractivity contribution in [2.45, 2.75) is 19.9 Å². The normalized spacial score (nSPS) is 10.4. The summed E-state index contributed by atoms with van der Waals surface area (Å²) in [4.78, 5) is 16.1. The van der Waals surface area contributed by atoms with Crippen molar-refractivity contribution in [2.75, 3.05) is 11.1 Å². The standard InChI is InChI=1S/C13H15ClN4O/c1-2-12-16-5-6-18(12)8-13(19)17-11-7-9(15)3-4-10(11)14/h3-7H,2,8,15H2,1H3,(H,17,19). The van der Waals surface area contributed by atoms with Gasteiger partial charge in [-0.15, -0.1) is 0 Å². The molecule has 19 heavy (non-hydrogen) atoms. The predicted molar refractivity (Wildman–Crippen MR) is 76.1 cm³/mol. The monoisotopic (exact) mass is 278 g/mol. The summed E-state index contributed by atoms with van der Waals surface area (Å²) >= 11 is 5.99. The van der Waals surface area contributed by atoms with Crippen molar-refractivity contribution in [1.82, 2.24) is 9.55 Å². The van der Waals surface area contributed by atoms with Crippen LogP contribution < -0.4 is 11.1 Å². The first-order valence-corrected chi connectivity index (χ1v) is 6.33. The molecule has 0 fully saturated rings. The molecule has 0 radical (unpaired) electrons. The lowest BCUT2D eigenvalue weighted by Crippen LogP contribution is -2.19. The lowest BCUT2D eigenvalue weighted by molar-refractivity contribution is -0.116. The first-order chi connectivity index (χ1) is 9.10. The summed E-state index contributed by atoms with van der Waals surface area (Å²) in [5.74, 6) is 0.703. The number of nitrogen functional groups attached to an aromatic ring is 1. The summed E-state index contributed by atoms with van der Waals surface area (Å²) in [7, 11) is 0. The maximum atomic E-state index is 12.0. The number of amides is 1. The Hall–Kier alpha value is -2.01. The summed E-state index contributed by atoms with van der Waals surface area (Å²) in [6.45, 7) is 2.19. The van der Waals surface area contributed by atoms with Crippen molar-refractivity contribution in [1.29, 1.82) is 0 Å². The molecule has 2 rings (SSSR count). The van der Waals surface area contributed by atoms with Crippen LogP contribution in [0.4, 0.5) is 11.4 Å². The third kappa shape index (κ3) is 3.26. The van der Waals surface area contributed by atoms with Gasteiger partial charge in [-0.1, -0.05) is 18.5 Å². The molecule has 2 aromatic rings. The summed E-state index contributed by atoms with van der Waals surface area (Å²) < 4.78 is 1.80. The number of carbonyl (C=O) groups is 1. The Labute approximate surface area is 116 Å². The molecule has 0 aliphatic rings. The number of hydrogen-bond donors (Lipinski definition) is 2. The Morgan fingerprint density at radius 2 is 2.32 bits per heavy atom. The average molecular weight is 279 g/mol. The van der Waals surface area contributed by atoms with Crippen molar-refractivity contribution < 1.29 is 4.79 Å². The number of halogens is 1. The van der Waals surface area contributed by atoms with E-state index in [9.17, 15) is 4.79 Å². The number of nitrogens with two attached hydrogens (primary N) is 1. The third-order valence-electron chi connectivity index (χ3n) is 2.70. The molecular formula is C13H15ClN4O. The van der Waals surface area contributed by atoms with Crippen LogP contribution in [0.25, 0.3) is 0 Å². The molecule has 0 atom stereocenters. The molecular weight excluding hydrogens is 264 g/mol. The minimum Gasteiger partial charge on any atom is -0.399 e. The number of rotatable bonds is 4. The number of carbonyl (C=O) groups excluding carboxylic acids is 1. The van der Waals surface area contributed by atoms with E-state index in [1.165, 1.54) is 0 Å². The molecule has 0 spiro atoms. The third-order valence-corrected chi connectivity index (χ3v) is 3.03. The van der Waals surface area contributed by atoms with Crippen LogP contribution in [-0.4, -0.2) is 15.5 Å². The number of nitrogens with zero attached hydrogens (tertiary/aromatic N) is 2. The van der Waals surface area contributed by atoms with Crippen LogP contribution in [0.2, 0.25) is 5.02 Å². The van der Waals surface area contributed by atoms with E-state index in [1.54, 1.807) is 35.2 Å². The van der Waals surface area contributed by atoms with Crippen LogP contribution in [0.3, 0.4) is 0 Å². The van der Waals surface area contributed by atoms with Gasteiger partial charge in [0.1, 0.15) is 12.4 Å². The first-order valence-electron chi connectivity index (χ1n) is 5.95. The maximum Gasteiger partial charge on any atom is 0.244 e. The summed E-state index contributed by atoms with van der Waals surface area (Å²) in [6, 6.07) is 4.97. The number of anilines is 2. The molecule has 1 amide bonds. The van der Waals surface area contributed by atoms with Gasteiger partial charge >= 0.3 is 0 Å². The summed E-state index contributed by atoms with van der Waals surface area (Å²) in [5, 5.41) is 3.20. The van der Waals surface area contributed by atoms with E-state index in [4.69, 9.17) is 17.3 Å². The number of aryl methyl sites for hydroxylation is 1. The zero-order valence-corrected chi connectivity index (χ0v) is 11.3. The number of aromatic nitrogens is 2. The van der Waals surface area contributed by atoms with Gasteiger partial charge in [-0.05, 0) is 18.2 Å². The molecule has 0 unspecified atom stereocenters. The molecule has 0 saturated carbocycles. The number of hydrogen-bond acceptors (Lipinski definition) is 3. The molecule has 0 aliphatic carbocycles. The fourth-order valence-electron chi connectivity index (χ4n) is 1.78. The highest BCUT2D eigenvalue weighted by atomic mass is 35.5. The summed E-state index contributed by atoms with van der Waals surface area (Å²) in [6.07, 6.45) is 4.23. The Kier molecular flexibility index (Phi) is 4.06. The number of nitrogens with one attached hydrogen (secondary N) is 1. The maximum absolute atomic E-state index is 12.0. The molecule has 5 nitrogen and oxygen atoms in total. The van der Waals surface area contributed by atoms with Crippen molar-refractivity contribution >= 4 is 28.9 Å². The lowest BCUT2D eigenvalue weighted by Gasteiger charge is -2.09. The van der Waals surface area contributed by atoms with Gasteiger partial charge in [0, 0.05) is 24.5 Å². The van der Waals surface area contributed by atoms with Crippen LogP contribution in [0.5, 0.6) is 0 Å². The number of benzene rings is 1. The quantitative estimate of drug-likeness (QED) is 0.843. The van der Waals surface area contributed by atoms with Crippen molar-refractivity contribution in [3.8, 4) is 0 Å². The second-order valence-corrected chi connectivity index (χ2v) is 4.52. The summed E-state index contributed by atoms with van der Waals surface area (Å²) in [5.41, 5.74) is 6.73. The molecule has 6 heteroatoms. The van der Waals surface area contributed by atoms with E-state index >= 15 is 0 Å². The van der Waals surface area contributed by atoms with Gasteiger partial charge in [0.25, 0.3) is 0 Å². The van der Waals surface area contributed by atoms with Crippen molar-refractivity contribution in [3.63, 3.8) is 0 Å². The van der Waals surface area contributed by atoms with Crippen LogP contribution in [0.1, 0.15) is 12.7 Å². The van der Waals surface area contributed by atoms with Crippen molar-refractivity contribution in [2.24, 2.45) is 0 Å².